The molecule has 0 bridgehead atoms. The van der Waals surface area contributed by atoms with Crippen LogP contribution in [0.1, 0.15) is 18.3 Å². The lowest BCUT2D eigenvalue weighted by Gasteiger charge is -2.25. The predicted molar refractivity (Wildman–Crippen MR) is 68.3 cm³/mol. The number of imidazole rings is 1. The number of nitrogens with zero attached hydrogens (tertiary/aromatic N) is 3. The zero-order valence-electron chi connectivity index (χ0n) is 10.6. The number of carbonyl (C=O) groups excluding carboxylic acids is 1. The molecule has 1 aliphatic rings. The molecule has 0 fully saturated rings. The third-order valence-corrected chi connectivity index (χ3v) is 3.46. The zero-order valence-corrected chi connectivity index (χ0v) is 10.6. The summed E-state index contributed by atoms with van der Waals surface area (Å²) >= 11 is 0. The Hall–Kier alpha value is -2.17. The summed E-state index contributed by atoms with van der Waals surface area (Å²) in [6, 6.07) is 6.34. The van der Waals surface area contributed by atoms with E-state index in [1.165, 1.54) is 12.1 Å². The van der Waals surface area contributed by atoms with Crippen LogP contribution in [-0.2, 0) is 17.8 Å². The standard InChI is InChI=1S/C14H14FN3O/c1-10(19)17-7-6-14-13(8-17)16-9-18(14)12-4-2-11(15)3-5-12/h2-5,9H,6-8H2,1H3. The fourth-order valence-corrected chi connectivity index (χ4v) is 2.40. The summed E-state index contributed by atoms with van der Waals surface area (Å²) in [6.07, 6.45) is 2.51. The van der Waals surface area contributed by atoms with Crippen molar-refractivity contribution < 1.29 is 9.18 Å². The second-order valence-electron chi connectivity index (χ2n) is 4.67. The Morgan fingerprint density at radius 1 is 1.32 bits per heavy atom. The molecule has 1 amide bonds. The number of hydrogen-bond donors (Lipinski definition) is 0. The third-order valence-electron chi connectivity index (χ3n) is 3.46. The molecule has 0 radical (unpaired) electrons. The molecule has 0 saturated carbocycles. The molecule has 1 aromatic heterocycles. The van der Waals surface area contributed by atoms with Gasteiger partial charge in [-0.15, -0.1) is 0 Å². The molecule has 0 atom stereocenters. The smallest absolute Gasteiger partial charge is 0.219 e. The van der Waals surface area contributed by atoms with Gasteiger partial charge >= 0.3 is 0 Å². The summed E-state index contributed by atoms with van der Waals surface area (Å²) in [5, 5.41) is 0. The normalized spacial score (nSPS) is 14.3. The predicted octanol–water partition coefficient (Wildman–Crippen LogP) is 1.92. The Bertz CT molecular complexity index is 618. The molecule has 4 nitrogen and oxygen atoms in total. The Morgan fingerprint density at radius 3 is 2.74 bits per heavy atom. The number of amides is 1. The van der Waals surface area contributed by atoms with Crippen molar-refractivity contribution in [2.75, 3.05) is 6.54 Å². The number of rotatable bonds is 1. The lowest BCUT2D eigenvalue weighted by molar-refractivity contribution is -0.129. The van der Waals surface area contributed by atoms with Gasteiger partial charge in [-0.3, -0.25) is 4.79 Å². The van der Waals surface area contributed by atoms with Crippen LogP contribution in [-0.4, -0.2) is 26.9 Å². The topological polar surface area (TPSA) is 38.1 Å². The van der Waals surface area contributed by atoms with E-state index >= 15 is 0 Å². The highest BCUT2D eigenvalue weighted by Crippen LogP contribution is 2.21. The number of carbonyl (C=O) groups is 1. The summed E-state index contributed by atoms with van der Waals surface area (Å²) < 4.78 is 14.9. The minimum Gasteiger partial charge on any atom is -0.337 e. The number of fused-ring (bicyclic) bond motifs is 1. The summed E-state index contributed by atoms with van der Waals surface area (Å²) in [4.78, 5) is 17.5. The molecular weight excluding hydrogens is 245 g/mol. The average molecular weight is 259 g/mol. The molecule has 2 aromatic rings. The van der Waals surface area contributed by atoms with Gasteiger partial charge in [0.05, 0.1) is 18.6 Å². The van der Waals surface area contributed by atoms with Crippen LogP contribution in [0.25, 0.3) is 5.69 Å². The van der Waals surface area contributed by atoms with E-state index in [-0.39, 0.29) is 11.7 Å². The van der Waals surface area contributed by atoms with Gasteiger partial charge in [-0.2, -0.15) is 0 Å². The molecule has 98 valence electrons. The number of aromatic nitrogens is 2. The van der Waals surface area contributed by atoms with E-state index in [0.29, 0.717) is 13.1 Å². The Balaban J connectivity index is 1.95. The molecule has 19 heavy (non-hydrogen) atoms. The van der Waals surface area contributed by atoms with Crippen LogP contribution >= 0.6 is 0 Å². The van der Waals surface area contributed by atoms with Gasteiger partial charge in [0.1, 0.15) is 5.82 Å². The molecule has 0 saturated heterocycles. The highest BCUT2D eigenvalue weighted by Gasteiger charge is 2.22. The molecule has 0 unspecified atom stereocenters. The summed E-state index contributed by atoms with van der Waals surface area (Å²) in [7, 11) is 0. The first-order valence-electron chi connectivity index (χ1n) is 6.21. The fourth-order valence-electron chi connectivity index (χ4n) is 2.40. The van der Waals surface area contributed by atoms with Crippen molar-refractivity contribution >= 4 is 5.91 Å². The monoisotopic (exact) mass is 259 g/mol. The average Bonchev–Trinajstić information content (AvgIpc) is 2.82. The lowest BCUT2D eigenvalue weighted by Crippen LogP contribution is -2.34. The second-order valence-corrected chi connectivity index (χ2v) is 4.67. The molecule has 0 spiro atoms. The lowest BCUT2D eigenvalue weighted by atomic mass is 10.1. The number of hydrogen-bond acceptors (Lipinski definition) is 2. The highest BCUT2D eigenvalue weighted by atomic mass is 19.1. The van der Waals surface area contributed by atoms with Crippen LogP contribution in [0.2, 0.25) is 0 Å². The summed E-state index contributed by atoms with van der Waals surface area (Å²) in [5.41, 5.74) is 2.92. The van der Waals surface area contributed by atoms with E-state index in [1.807, 2.05) is 4.57 Å². The van der Waals surface area contributed by atoms with Crippen molar-refractivity contribution in [2.24, 2.45) is 0 Å². The number of halogens is 1. The van der Waals surface area contributed by atoms with Crippen LogP contribution in [0.5, 0.6) is 0 Å². The van der Waals surface area contributed by atoms with Crippen molar-refractivity contribution in [1.82, 2.24) is 14.5 Å². The second kappa shape index (κ2) is 4.50. The van der Waals surface area contributed by atoms with Crippen molar-refractivity contribution in [1.29, 1.82) is 0 Å². The highest BCUT2D eigenvalue weighted by molar-refractivity contribution is 5.73. The SMILES string of the molecule is CC(=O)N1CCc2c(ncn2-c2ccc(F)cc2)C1. The largest absolute Gasteiger partial charge is 0.337 e. The van der Waals surface area contributed by atoms with Gasteiger partial charge in [0.25, 0.3) is 0 Å². The first-order valence-corrected chi connectivity index (χ1v) is 6.21. The van der Waals surface area contributed by atoms with Crippen LogP contribution in [0, 0.1) is 5.82 Å². The minimum atomic E-state index is -0.250. The van der Waals surface area contributed by atoms with Crippen LogP contribution in [0.4, 0.5) is 4.39 Å². The fraction of sp³-hybridized carbons (Fsp3) is 0.286. The first-order chi connectivity index (χ1) is 9.15. The molecule has 2 heterocycles. The zero-order chi connectivity index (χ0) is 13.4. The van der Waals surface area contributed by atoms with Gasteiger partial charge in [0, 0.05) is 31.3 Å². The molecule has 0 aliphatic carbocycles. The Labute approximate surface area is 110 Å². The van der Waals surface area contributed by atoms with Crippen molar-refractivity contribution in [2.45, 2.75) is 19.9 Å². The van der Waals surface area contributed by atoms with Crippen molar-refractivity contribution in [3.05, 3.63) is 47.8 Å². The van der Waals surface area contributed by atoms with Gasteiger partial charge in [0.2, 0.25) is 5.91 Å². The van der Waals surface area contributed by atoms with Gasteiger partial charge in [-0.1, -0.05) is 0 Å². The molecule has 1 aliphatic heterocycles. The van der Waals surface area contributed by atoms with E-state index < -0.39 is 0 Å². The third kappa shape index (κ3) is 2.12. The van der Waals surface area contributed by atoms with Gasteiger partial charge < -0.3 is 9.47 Å². The van der Waals surface area contributed by atoms with Gasteiger partial charge in [0.15, 0.2) is 0 Å². The van der Waals surface area contributed by atoms with Crippen molar-refractivity contribution in [3.63, 3.8) is 0 Å². The van der Waals surface area contributed by atoms with Crippen LogP contribution < -0.4 is 0 Å². The van der Waals surface area contributed by atoms with E-state index in [1.54, 1.807) is 30.3 Å². The maximum Gasteiger partial charge on any atom is 0.219 e. The summed E-state index contributed by atoms with van der Waals surface area (Å²) in [5.74, 6) is -0.178. The van der Waals surface area contributed by atoms with Crippen LogP contribution in [0.15, 0.2) is 30.6 Å². The Kier molecular flexibility index (Phi) is 2.81. The number of benzene rings is 1. The van der Waals surface area contributed by atoms with Gasteiger partial charge in [-0.05, 0) is 24.3 Å². The molecular formula is C14H14FN3O. The van der Waals surface area contributed by atoms with Crippen LogP contribution in [0.3, 0.4) is 0 Å². The quantitative estimate of drug-likeness (QED) is 0.784. The molecule has 1 aromatic carbocycles. The van der Waals surface area contributed by atoms with Gasteiger partial charge in [-0.25, -0.2) is 9.37 Å². The Morgan fingerprint density at radius 2 is 2.05 bits per heavy atom. The minimum absolute atomic E-state index is 0.0713. The van der Waals surface area contributed by atoms with E-state index in [2.05, 4.69) is 4.98 Å². The maximum absolute atomic E-state index is 12.9. The van der Waals surface area contributed by atoms with E-state index in [0.717, 1.165) is 23.5 Å². The summed E-state index contributed by atoms with van der Waals surface area (Å²) in [6.45, 7) is 2.83. The maximum atomic E-state index is 12.9. The van der Waals surface area contributed by atoms with E-state index in [9.17, 15) is 9.18 Å². The molecule has 0 N–H and O–H groups in total. The molecule has 5 heteroatoms. The first kappa shape index (κ1) is 11.9. The van der Waals surface area contributed by atoms with E-state index in [4.69, 9.17) is 0 Å². The van der Waals surface area contributed by atoms with Crippen molar-refractivity contribution in [3.8, 4) is 5.69 Å². The molecule has 3 rings (SSSR count).